The van der Waals surface area contributed by atoms with Gasteiger partial charge in [-0.3, -0.25) is 0 Å². The highest BCUT2D eigenvalue weighted by atomic mass is 32.2. The summed E-state index contributed by atoms with van der Waals surface area (Å²) in [6, 6.07) is 5.49. The van der Waals surface area contributed by atoms with Gasteiger partial charge in [0.15, 0.2) is 0 Å². The zero-order valence-electron chi connectivity index (χ0n) is 6.56. The number of sulfonamides is 1. The quantitative estimate of drug-likeness (QED) is 0.606. The largest absolute Gasteiger partial charge is 0.398 e. The maximum absolute atomic E-state index is 10.8. The maximum Gasteiger partial charge on any atom is 0.238 e. The second kappa shape index (κ2) is 3.05. The van der Waals surface area contributed by atoms with Crippen molar-refractivity contribution in [2.75, 3.05) is 5.73 Å². The fraction of sp³-hybridized carbons (Fsp3) is 0. The smallest absolute Gasteiger partial charge is 0.238 e. The van der Waals surface area contributed by atoms with E-state index in [2.05, 4.69) is 0 Å². The van der Waals surface area contributed by atoms with Crippen LogP contribution in [0, 0.1) is 11.3 Å². The second-order valence-corrected chi connectivity index (χ2v) is 3.97. The Kier molecular flexibility index (Phi) is 2.23. The number of anilines is 1. The van der Waals surface area contributed by atoms with Crippen LogP contribution in [0.1, 0.15) is 5.56 Å². The molecule has 0 aliphatic carbocycles. The van der Waals surface area contributed by atoms with Crippen LogP contribution in [0.15, 0.2) is 23.1 Å². The first-order valence-electron chi connectivity index (χ1n) is 3.27. The van der Waals surface area contributed by atoms with Crippen molar-refractivity contribution in [2.24, 2.45) is 5.14 Å². The lowest BCUT2D eigenvalue weighted by atomic mass is 10.2. The molecule has 0 fully saturated rings. The van der Waals surface area contributed by atoms with Gasteiger partial charge in [0.05, 0.1) is 10.5 Å². The van der Waals surface area contributed by atoms with Gasteiger partial charge in [-0.25, -0.2) is 13.6 Å². The Morgan fingerprint density at radius 3 is 2.46 bits per heavy atom. The van der Waals surface area contributed by atoms with Crippen LogP contribution in [0.4, 0.5) is 5.69 Å². The van der Waals surface area contributed by atoms with Gasteiger partial charge < -0.3 is 5.73 Å². The summed E-state index contributed by atoms with van der Waals surface area (Å²) in [5.41, 5.74) is 5.72. The van der Waals surface area contributed by atoms with E-state index >= 15 is 0 Å². The average molecular weight is 197 g/mol. The van der Waals surface area contributed by atoms with Crippen LogP contribution in [0.2, 0.25) is 0 Å². The molecule has 0 radical (unpaired) electrons. The van der Waals surface area contributed by atoms with Crippen molar-refractivity contribution in [1.29, 1.82) is 5.26 Å². The Morgan fingerprint density at radius 1 is 1.38 bits per heavy atom. The average Bonchev–Trinajstić information content (AvgIpc) is 2.03. The molecular weight excluding hydrogens is 190 g/mol. The Bertz CT molecular complexity index is 473. The van der Waals surface area contributed by atoms with Gasteiger partial charge in [0.1, 0.15) is 6.07 Å². The highest BCUT2D eigenvalue weighted by molar-refractivity contribution is 7.89. The van der Waals surface area contributed by atoms with E-state index in [0.29, 0.717) is 0 Å². The lowest BCUT2D eigenvalue weighted by molar-refractivity contribution is 0.598. The van der Waals surface area contributed by atoms with Crippen LogP contribution in [0.5, 0.6) is 0 Å². The fourth-order valence-corrected chi connectivity index (χ4v) is 1.35. The molecule has 0 saturated carbocycles. The summed E-state index contributed by atoms with van der Waals surface area (Å²) in [6.45, 7) is 0. The minimum atomic E-state index is -3.76. The van der Waals surface area contributed by atoms with Crippen molar-refractivity contribution in [2.45, 2.75) is 4.90 Å². The fourth-order valence-electron chi connectivity index (χ4n) is 0.809. The monoisotopic (exact) mass is 197 g/mol. The number of benzene rings is 1. The van der Waals surface area contributed by atoms with Gasteiger partial charge in [0.2, 0.25) is 10.0 Å². The number of nitriles is 1. The molecule has 68 valence electrons. The van der Waals surface area contributed by atoms with Crippen LogP contribution in [-0.4, -0.2) is 8.42 Å². The van der Waals surface area contributed by atoms with Crippen LogP contribution < -0.4 is 10.9 Å². The first-order chi connectivity index (χ1) is 5.95. The molecule has 0 unspecified atom stereocenters. The first kappa shape index (κ1) is 9.51. The van der Waals surface area contributed by atoms with E-state index in [1.165, 1.54) is 12.1 Å². The second-order valence-electron chi connectivity index (χ2n) is 2.41. The Labute approximate surface area is 75.6 Å². The number of nitrogens with zero attached hydrogens (tertiary/aromatic N) is 1. The summed E-state index contributed by atoms with van der Waals surface area (Å²) in [5, 5.41) is 13.4. The lowest BCUT2D eigenvalue weighted by Crippen LogP contribution is -2.12. The summed E-state index contributed by atoms with van der Waals surface area (Å²) in [6.07, 6.45) is 0. The molecule has 1 aromatic rings. The number of hydrogen-bond donors (Lipinski definition) is 2. The van der Waals surface area contributed by atoms with Gasteiger partial charge in [0, 0.05) is 5.69 Å². The highest BCUT2D eigenvalue weighted by Gasteiger charge is 2.09. The van der Waals surface area contributed by atoms with Gasteiger partial charge >= 0.3 is 0 Å². The van der Waals surface area contributed by atoms with Crippen molar-refractivity contribution in [1.82, 2.24) is 0 Å². The highest BCUT2D eigenvalue weighted by Crippen LogP contribution is 2.15. The Hall–Kier alpha value is -1.58. The SMILES string of the molecule is N#Cc1cc(S(N)(=O)=O)ccc1N. The molecule has 0 aliphatic rings. The molecule has 0 amide bonds. The number of primary sulfonamides is 1. The maximum atomic E-state index is 10.8. The Morgan fingerprint density at radius 2 is 2.00 bits per heavy atom. The van der Waals surface area contributed by atoms with Crippen molar-refractivity contribution in [3.8, 4) is 6.07 Å². The van der Waals surface area contributed by atoms with Crippen LogP contribution in [0.3, 0.4) is 0 Å². The molecule has 0 aromatic heterocycles. The molecule has 1 aromatic carbocycles. The summed E-state index contributed by atoms with van der Waals surface area (Å²) in [7, 11) is -3.76. The minimum absolute atomic E-state index is 0.103. The molecule has 0 saturated heterocycles. The third-order valence-corrected chi connectivity index (χ3v) is 2.38. The molecule has 0 atom stereocenters. The van der Waals surface area contributed by atoms with E-state index in [1.807, 2.05) is 0 Å². The molecule has 0 spiro atoms. The van der Waals surface area contributed by atoms with Crippen LogP contribution in [0.25, 0.3) is 0 Å². The van der Waals surface area contributed by atoms with E-state index in [1.54, 1.807) is 6.07 Å². The molecule has 0 aliphatic heterocycles. The van der Waals surface area contributed by atoms with E-state index in [4.69, 9.17) is 16.1 Å². The predicted molar refractivity (Wildman–Crippen MR) is 46.9 cm³/mol. The van der Waals surface area contributed by atoms with E-state index in [9.17, 15) is 8.42 Å². The Balaban J connectivity index is 3.41. The lowest BCUT2D eigenvalue weighted by Gasteiger charge is -2.00. The molecule has 5 nitrogen and oxygen atoms in total. The van der Waals surface area contributed by atoms with Crippen molar-refractivity contribution < 1.29 is 8.42 Å². The topological polar surface area (TPSA) is 110 Å². The summed E-state index contributed by atoms with van der Waals surface area (Å²) >= 11 is 0. The molecule has 13 heavy (non-hydrogen) atoms. The molecule has 1 rings (SSSR count). The first-order valence-corrected chi connectivity index (χ1v) is 4.82. The summed E-state index contributed by atoms with van der Waals surface area (Å²) in [4.78, 5) is -0.113. The third-order valence-electron chi connectivity index (χ3n) is 1.47. The standard InChI is InChI=1S/C7H7N3O2S/c8-4-5-3-6(13(10,11)12)1-2-7(5)9/h1-3H,9H2,(H2,10,11,12). The number of rotatable bonds is 1. The van der Waals surface area contributed by atoms with Gasteiger partial charge in [-0.05, 0) is 18.2 Å². The molecular formula is C7H7N3O2S. The zero-order chi connectivity index (χ0) is 10.1. The number of hydrogen-bond acceptors (Lipinski definition) is 4. The zero-order valence-corrected chi connectivity index (χ0v) is 7.38. The van der Waals surface area contributed by atoms with Crippen LogP contribution in [-0.2, 0) is 10.0 Å². The van der Waals surface area contributed by atoms with Crippen molar-refractivity contribution in [3.63, 3.8) is 0 Å². The van der Waals surface area contributed by atoms with Gasteiger partial charge in [-0.2, -0.15) is 5.26 Å². The predicted octanol–water partition coefficient (Wildman–Crippen LogP) is -0.212. The van der Waals surface area contributed by atoms with Gasteiger partial charge in [-0.15, -0.1) is 0 Å². The molecule has 0 bridgehead atoms. The summed E-state index contributed by atoms with van der Waals surface area (Å²) < 4.78 is 21.7. The normalized spacial score (nSPS) is 10.8. The molecule has 0 heterocycles. The van der Waals surface area contributed by atoms with Gasteiger partial charge in [0.25, 0.3) is 0 Å². The van der Waals surface area contributed by atoms with E-state index in [-0.39, 0.29) is 16.1 Å². The minimum Gasteiger partial charge on any atom is -0.398 e. The van der Waals surface area contributed by atoms with Crippen LogP contribution >= 0.6 is 0 Å². The van der Waals surface area contributed by atoms with E-state index < -0.39 is 10.0 Å². The van der Waals surface area contributed by atoms with E-state index in [0.717, 1.165) is 6.07 Å². The number of nitrogens with two attached hydrogens (primary N) is 2. The van der Waals surface area contributed by atoms with Crippen molar-refractivity contribution >= 4 is 15.7 Å². The molecule has 6 heteroatoms. The summed E-state index contributed by atoms with van der Waals surface area (Å²) in [5.74, 6) is 0. The van der Waals surface area contributed by atoms with Gasteiger partial charge in [-0.1, -0.05) is 0 Å². The van der Waals surface area contributed by atoms with Crippen molar-refractivity contribution in [3.05, 3.63) is 23.8 Å². The third kappa shape index (κ3) is 1.96. The number of nitrogen functional groups attached to an aromatic ring is 1. The molecule has 4 N–H and O–H groups in total.